The molecule has 2 N–H and O–H groups in total. The highest BCUT2D eigenvalue weighted by atomic mass is 32.2. The zero-order chi connectivity index (χ0) is 14.7. The van der Waals surface area contributed by atoms with E-state index >= 15 is 0 Å². The highest BCUT2D eigenvalue weighted by Gasteiger charge is 2.26. The third-order valence-corrected chi connectivity index (χ3v) is 4.72. The van der Waals surface area contributed by atoms with E-state index in [0.29, 0.717) is 18.5 Å². The van der Waals surface area contributed by atoms with Crippen LogP contribution in [0.4, 0.5) is 0 Å². The molecule has 1 unspecified atom stereocenters. The molecule has 0 radical (unpaired) electrons. The number of nitrogens with one attached hydrogen (secondary N) is 2. The summed E-state index contributed by atoms with van der Waals surface area (Å²) >= 11 is 0. The lowest BCUT2D eigenvalue weighted by Gasteiger charge is -2.35. The van der Waals surface area contributed by atoms with Crippen molar-refractivity contribution in [2.24, 2.45) is 5.92 Å². The van der Waals surface area contributed by atoms with Gasteiger partial charge in [-0.1, -0.05) is 0 Å². The van der Waals surface area contributed by atoms with Crippen LogP contribution in [-0.2, 0) is 10.0 Å². The van der Waals surface area contributed by atoms with Gasteiger partial charge in [-0.15, -0.1) is 0 Å². The maximum Gasteiger partial charge on any atom is 0.209 e. The van der Waals surface area contributed by atoms with Gasteiger partial charge in [-0.2, -0.15) is 0 Å². The number of hydrogen-bond acceptors (Lipinski definition) is 4. The van der Waals surface area contributed by atoms with Crippen LogP contribution in [0.15, 0.2) is 0 Å². The lowest BCUT2D eigenvalue weighted by atomic mass is 9.90. The van der Waals surface area contributed by atoms with Gasteiger partial charge in [-0.25, -0.2) is 13.1 Å². The average Bonchev–Trinajstić information content (AvgIpc) is 2.24. The van der Waals surface area contributed by atoms with Gasteiger partial charge in [0.05, 0.1) is 6.26 Å². The zero-order valence-corrected chi connectivity index (χ0v) is 13.7. The molecule has 19 heavy (non-hydrogen) atoms. The molecule has 0 saturated carbocycles. The number of hydrogen-bond donors (Lipinski definition) is 2. The van der Waals surface area contributed by atoms with Crippen LogP contribution in [0.3, 0.4) is 0 Å². The largest absolute Gasteiger partial charge is 0.312 e. The van der Waals surface area contributed by atoms with Crippen molar-refractivity contribution >= 4 is 10.0 Å². The standard InChI is InChI=1S/C13H29N3O2S/c1-11(12-6-8-16(4)9-7-12)14-10-13(2,3)15-19(5,17)18/h11-12,14-15H,6-10H2,1-5H3. The van der Waals surface area contributed by atoms with E-state index in [1.807, 2.05) is 13.8 Å². The summed E-state index contributed by atoms with van der Waals surface area (Å²) in [5.74, 6) is 0.685. The highest BCUT2D eigenvalue weighted by Crippen LogP contribution is 2.19. The normalized spacial score (nSPS) is 21.5. The van der Waals surface area contributed by atoms with Crippen molar-refractivity contribution < 1.29 is 8.42 Å². The molecule has 1 aliphatic rings. The van der Waals surface area contributed by atoms with E-state index < -0.39 is 15.6 Å². The molecular weight excluding hydrogens is 262 g/mol. The molecule has 5 nitrogen and oxygen atoms in total. The van der Waals surface area contributed by atoms with Crippen LogP contribution in [-0.4, -0.2) is 57.8 Å². The van der Waals surface area contributed by atoms with E-state index in [1.165, 1.54) is 19.1 Å². The van der Waals surface area contributed by atoms with Crippen LogP contribution in [0, 0.1) is 5.92 Å². The van der Waals surface area contributed by atoms with Gasteiger partial charge in [0.2, 0.25) is 10.0 Å². The average molecular weight is 291 g/mol. The quantitative estimate of drug-likeness (QED) is 0.754. The molecule has 1 atom stereocenters. The zero-order valence-electron chi connectivity index (χ0n) is 12.9. The summed E-state index contributed by atoms with van der Waals surface area (Å²) in [5, 5.41) is 3.48. The SMILES string of the molecule is CC(NCC(C)(C)NS(C)(=O)=O)C1CCN(C)CC1. The van der Waals surface area contributed by atoms with E-state index in [0.717, 1.165) is 13.1 Å². The molecule has 1 rings (SSSR count). The lowest BCUT2D eigenvalue weighted by Crippen LogP contribution is -2.53. The number of nitrogens with zero attached hydrogens (tertiary/aromatic N) is 1. The molecule has 0 aromatic rings. The van der Waals surface area contributed by atoms with Crippen LogP contribution in [0.5, 0.6) is 0 Å². The number of likely N-dealkylation sites (tertiary alicyclic amines) is 1. The van der Waals surface area contributed by atoms with Crippen LogP contribution < -0.4 is 10.0 Å². The molecule has 0 bridgehead atoms. The van der Waals surface area contributed by atoms with Gasteiger partial charge in [-0.3, -0.25) is 0 Å². The first kappa shape index (κ1) is 16.9. The fourth-order valence-corrected chi connectivity index (χ4v) is 3.73. The second kappa shape index (κ2) is 6.52. The molecule has 0 aliphatic carbocycles. The van der Waals surface area contributed by atoms with Gasteiger partial charge >= 0.3 is 0 Å². The fourth-order valence-electron chi connectivity index (χ4n) is 2.65. The Morgan fingerprint density at radius 3 is 2.32 bits per heavy atom. The second-order valence-corrected chi connectivity index (χ2v) is 8.32. The molecule has 1 heterocycles. The Balaban J connectivity index is 2.39. The van der Waals surface area contributed by atoms with Crippen LogP contribution in [0.2, 0.25) is 0 Å². The van der Waals surface area contributed by atoms with E-state index in [9.17, 15) is 8.42 Å². The molecule has 1 fully saturated rings. The van der Waals surface area contributed by atoms with E-state index in [2.05, 4.69) is 28.9 Å². The van der Waals surface area contributed by atoms with Crippen molar-refractivity contribution in [1.29, 1.82) is 0 Å². The van der Waals surface area contributed by atoms with Crippen molar-refractivity contribution in [2.75, 3.05) is 32.9 Å². The number of sulfonamides is 1. The smallest absolute Gasteiger partial charge is 0.209 e. The van der Waals surface area contributed by atoms with Gasteiger partial charge in [0.25, 0.3) is 0 Å². The lowest BCUT2D eigenvalue weighted by molar-refractivity contribution is 0.186. The Bertz CT molecular complexity index is 373. The van der Waals surface area contributed by atoms with E-state index in [-0.39, 0.29) is 0 Å². The van der Waals surface area contributed by atoms with Gasteiger partial charge in [0.15, 0.2) is 0 Å². The van der Waals surface area contributed by atoms with Crippen LogP contribution in [0.1, 0.15) is 33.6 Å². The third-order valence-electron chi connectivity index (χ3n) is 3.80. The van der Waals surface area contributed by atoms with Crippen molar-refractivity contribution in [3.8, 4) is 0 Å². The van der Waals surface area contributed by atoms with Crippen LogP contribution >= 0.6 is 0 Å². The number of piperidine rings is 1. The first-order valence-electron chi connectivity index (χ1n) is 7.00. The molecule has 0 amide bonds. The molecule has 114 valence electrons. The monoisotopic (exact) mass is 291 g/mol. The Kier molecular flexibility index (Phi) is 5.79. The Morgan fingerprint density at radius 2 is 1.84 bits per heavy atom. The van der Waals surface area contributed by atoms with Gasteiger partial charge in [-0.05, 0) is 59.7 Å². The maximum absolute atomic E-state index is 11.3. The molecular formula is C13H29N3O2S. The molecule has 0 aromatic carbocycles. The molecule has 0 aromatic heterocycles. The maximum atomic E-state index is 11.3. The van der Waals surface area contributed by atoms with Crippen molar-refractivity contribution in [2.45, 2.75) is 45.2 Å². The summed E-state index contributed by atoms with van der Waals surface area (Å²) in [6.45, 7) is 8.97. The predicted octanol–water partition coefficient (Wildman–Crippen LogP) is 0.634. The first-order chi connectivity index (χ1) is 8.59. The Morgan fingerprint density at radius 1 is 1.32 bits per heavy atom. The Hall–Kier alpha value is -0.170. The van der Waals surface area contributed by atoms with E-state index in [1.54, 1.807) is 0 Å². The summed E-state index contributed by atoms with van der Waals surface area (Å²) in [7, 11) is -0.998. The van der Waals surface area contributed by atoms with E-state index in [4.69, 9.17) is 0 Å². The van der Waals surface area contributed by atoms with Gasteiger partial charge < -0.3 is 10.2 Å². The Labute approximate surface area is 118 Å². The minimum absolute atomic E-state index is 0.425. The summed E-state index contributed by atoms with van der Waals surface area (Å²) in [6.07, 6.45) is 3.63. The second-order valence-electron chi connectivity index (χ2n) is 6.57. The third kappa shape index (κ3) is 6.70. The minimum Gasteiger partial charge on any atom is -0.312 e. The van der Waals surface area contributed by atoms with Crippen molar-refractivity contribution in [3.63, 3.8) is 0 Å². The summed E-state index contributed by atoms with van der Waals surface area (Å²) in [4.78, 5) is 2.36. The van der Waals surface area contributed by atoms with Crippen molar-refractivity contribution in [1.82, 2.24) is 14.9 Å². The topological polar surface area (TPSA) is 61.4 Å². The van der Waals surface area contributed by atoms with Gasteiger partial charge in [0, 0.05) is 18.1 Å². The minimum atomic E-state index is -3.16. The molecule has 6 heteroatoms. The molecule has 1 saturated heterocycles. The number of rotatable bonds is 6. The fraction of sp³-hybridized carbons (Fsp3) is 1.00. The molecule has 0 spiro atoms. The highest BCUT2D eigenvalue weighted by molar-refractivity contribution is 7.88. The van der Waals surface area contributed by atoms with Crippen LogP contribution in [0.25, 0.3) is 0 Å². The predicted molar refractivity (Wildman–Crippen MR) is 79.7 cm³/mol. The summed E-state index contributed by atoms with van der Waals surface area (Å²) in [5.41, 5.74) is -0.451. The first-order valence-corrected chi connectivity index (χ1v) is 8.89. The molecule has 1 aliphatic heterocycles. The summed E-state index contributed by atoms with van der Waals surface area (Å²) < 4.78 is 25.2. The van der Waals surface area contributed by atoms with Crippen molar-refractivity contribution in [3.05, 3.63) is 0 Å². The summed E-state index contributed by atoms with van der Waals surface area (Å²) in [6, 6.07) is 0.425. The van der Waals surface area contributed by atoms with Gasteiger partial charge in [0.1, 0.15) is 0 Å².